The minimum Gasteiger partial charge on any atom is -0.497 e. The first-order valence-corrected chi connectivity index (χ1v) is 5.66. The molecule has 90 valence electrons. The predicted octanol–water partition coefficient (Wildman–Crippen LogP) is 2.46. The molecule has 2 N–H and O–H groups in total. The van der Waals surface area contributed by atoms with E-state index in [1.165, 1.54) is 0 Å². The molecular weight excluding hydrogens is 238 g/mol. The van der Waals surface area contributed by atoms with Crippen molar-refractivity contribution in [2.75, 3.05) is 14.2 Å². The van der Waals surface area contributed by atoms with Crippen LogP contribution in [0.4, 0.5) is 0 Å². The van der Waals surface area contributed by atoms with Gasteiger partial charge in [0.15, 0.2) is 5.15 Å². The van der Waals surface area contributed by atoms with Gasteiger partial charge >= 0.3 is 0 Å². The van der Waals surface area contributed by atoms with Crippen molar-refractivity contribution in [1.29, 1.82) is 0 Å². The lowest BCUT2D eigenvalue weighted by molar-refractivity contribution is 0.415. The summed E-state index contributed by atoms with van der Waals surface area (Å²) in [6.07, 6.45) is 0. The van der Waals surface area contributed by atoms with Gasteiger partial charge in [-0.2, -0.15) is 0 Å². The van der Waals surface area contributed by atoms with Gasteiger partial charge in [-0.25, -0.2) is 4.98 Å². The Hall–Kier alpha value is -1.52. The average molecular weight is 252 g/mol. The number of nitrogens with zero attached hydrogens (tertiary/aromatic N) is 1. The van der Waals surface area contributed by atoms with E-state index in [1.807, 2.05) is 31.3 Å². The second-order valence-corrected chi connectivity index (χ2v) is 3.97. The van der Waals surface area contributed by atoms with Gasteiger partial charge in [-0.15, -0.1) is 0 Å². The van der Waals surface area contributed by atoms with Crippen LogP contribution in [0.15, 0.2) is 24.3 Å². The highest BCUT2D eigenvalue weighted by Gasteiger charge is 2.08. The van der Waals surface area contributed by atoms with Crippen LogP contribution in [-0.2, 0) is 6.54 Å². The van der Waals surface area contributed by atoms with E-state index in [4.69, 9.17) is 16.3 Å². The zero-order valence-electron chi connectivity index (χ0n) is 9.75. The maximum absolute atomic E-state index is 6.03. The summed E-state index contributed by atoms with van der Waals surface area (Å²) in [5.74, 6) is 1.59. The molecule has 17 heavy (non-hydrogen) atoms. The number of H-pyrrole nitrogens is 1. The Kier molecular flexibility index (Phi) is 3.66. The quantitative estimate of drug-likeness (QED) is 0.878. The Morgan fingerprint density at radius 1 is 1.35 bits per heavy atom. The van der Waals surface area contributed by atoms with Crippen molar-refractivity contribution in [1.82, 2.24) is 15.3 Å². The van der Waals surface area contributed by atoms with E-state index in [9.17, 15) is 0 Å². The standard InChI is InChI=1S/C12H14ClN3O/c1-14-7-10-11(13)16-12(15-10)8-3-5-9(17-2)6-4-8/h3-6,14H,7H2,1-2H3,(H,15,16). The number of hydrogen-bond donors (Lipinski definition) is 2. The van der Waals surface area contributed by atoms with Crippen LogP contribution in [0.2, 0.25) is 5.15 Å². The van der Waals surface area contributed by atoms with Crippen molar-refractivity contribution in [2.45, 2.75) is 6.54 Å². The van der Waals surface area contributed by atoms with E-state index in [1.54, 1.807) is 7.11 Å². The fourth-order valence-electron chi connectivity index (χ4n) is 1.57. The van der Waals surface area contributed by atoms with Crippen molar-refractivity contribution in [2.24, 2.45) is 0 Å². The van der Waals surface area contributed by atoms with Crippen molar-refractivity contribution in [3.8, 4) is 17.1 Å². The highest BCUT2D eigenvalue weighted by atomic mass is 35.5. The number of rotatable bonds is 4. The molecule has 0 bridgehead atoms. The number of ether oxygens (including phenoxy) is 1. The molecule has 0 aliphatic rings. The van der Waals surface area contributed by atoms with Crippen LogP contribution in [0.5, 0.6) is 5.75 Å². The maximum Gasteiger partial charge on any atom is 0.152 e. The van der Waals surface area contributed by atoms with Gasteiger partial charge in [-0.1, -0.05) is 11.6 Å². The van der Waals surface area contributed by atoms with E-state index < -0.39 is 0 Å². The molecular formula is C12H14ClN3O. The monoisotopic (exact) mass is 251 g/mol. The number of halogens is 1. The predicted molar refractivity (Wildman–Crippen MR) is 68.3 cm³/mol. The van der Waals surface area contributed by atoms with Gasteiger partial charge in [-0.05, 0) is 31.3 Å². The Bertz CT molecular complexity index is 493. The number of methoxy groups -OCH3 is 1. The topological polar surface area (TPSA) is 49.9 Å². The van der Waals surface area contributed by atoms with Crippen LogP contribution < -0.4 is 10.1 Å². The molecule has 2 aromatic rings. The number of nitrogens with one attached hydrogen (secondary N) is 2. The second-order valence-electron chi connectivity index (χ2n) is 3.61. The molecule has 0 unspecified atom stereocenters. The van der Waals surface area contributed by atoms with Crippen LogP contribution in [-0.4, -0.2) is 24.1 Å². The molecule has 5 heteroatoms. The largest absolute Gasteiger partial charge is 0.497 e. The molecule has 0 saturated heterocycles. The Morgan fingerprint density at radius 3 is 2.65 bits per heavy atom. The van der Waals surface area contributed by atoms with Crippen molar-refractivity contribution < 1.29 is 4.74 Å². The molecule has 1 heterocycles. The van der Waals surface area contributed by atoms with Gasteiger partial charge in [0, 0.05) is 12.1 Å². The van der Waals surface area contributed by atoms with Gasteiger partial charge < -0.3 is 15.0 Å². The third kappa shape index (κ3) is 2.60. The molecule has 0 radical (unpaired) electrons. The highest BCUT2D eigenvalue weighted by Crippen LogP contribution is 2.23. The summed E-state index contributed by atoms with van der Waals surface area (Å²) < 4.78 is 5.11. The summed E-state index contributed by atoms with van der Waals surface area (Å²) in [4.78, 5) is 7.47. The van der Waals surface area contributed by atoms with Crippen LogP contribution in [0.3, 0.4) is 0 Å². The van der Waals surface area contributed by atoms with E-state index in [0.29, 0.717) is 11.7 Å². The molecule has 1 aromatic carbocycles. The van der Waals surface area contributed by atoms with Crippen molar-refractivity contribution >= 4 is 11.6 Å². The molecule has 0 fully saturated rings. The second kappa shape index (κ2) is 5.21. The van der Waals surface area contributed by atoms with E-state index in [-0.39, 0.29) is 0 Å². The van der Waals surface area contributed by atoms with Gasteiger partial charge in [0.2, 0.25) is 0 Å². The minimum atomic E-state index is 0.505. The summed E-state index contributed by atoms with van der Waals surface area (Å²) >= 11 is 6.03. The molecule has 0 aliphatic carbocycles. The Morgan fingerprint density at radius 2 is 2.06 bits per heavy atom. The molecule has 0 aliphatic heterocycles. The molecule has 0 saturated carbocycles. The zero-order valence-corrected chi connectivity index (χ0v) is 10.5. The first-order chi connectivity index (χ1) is 8.24. The van der Waals surface area contributed by atoms with Gasteiger partial charge in [0.05, 0.1) is 12.8 Å². The van der Waals surface area contributed by atoms with Gasteiger partial charge in [-0.3, -0.25) is 0 Å². The number of benzene rings is 1. The average Bonchev–Trinajstić information content (AvgIpc) is 2.72. The molecule has 1 aromatic heterocycles. The number of hydrogen-bond acceptors (Lipinski definition) is 3. The van der Waals surface area contributed by atoms with Crippen LogP contribution >= 0.6 is 11.6 Å². The number of aromatic amines is 1. The lowest BCUT2D eigenvalue weighted by Crippen LogP contribution is -2.05. The fourth-order valence-corrected chi connectivity index (χ4v) is 1.77. The molecule has 0 amide bonds. The Balaban J connectivity index is 2.29. The summed E-state index contributed by atoms with van der Waals surface area (Å²) in [5.41, 5.74) is 1.87. The van der Waals surface area contributed by atoms with E-state index in [0.717, 1.165) is 22.8 Å². The van der Waals surface area contributed by atoms with Crippen molar-refractivity contribution in [3.63, 3.8) is 0 Å². The zero-order chi connectivity index (χ0) is 12.3. The van der Waals surface area contributed by atoms with Gasteiger partial charge in [0.25, 0.3) is 0 Å². The van der Waals surface area contributed by atoms with E-state index >= 15 is 0 Å². The van der Waals surface area contributed by atoms with Crippen LogP contribution in [0, 0.1) is 0 Å². The molecule has 0 spiro atoms. The summed E-state index contributed by atoms with van der Waals surface area (Å²) in [6.45, 7) is 0.669. The number of aromatic nitrogens is 2. The first-order valence-electron chi connectivity index (χ1n) is 5.28. The van der Waals surface area contributed by atoms with E-state index in [2.05, 4.69) is 15.3 Å². The Labute approximate surface area is 105 Å². The van der Waals surface area contributed by atoms with Crippen LogP contribution in [0.25, 0.3) is 11.4 Å². The minimum absolute atomic E-state index is 0.505. The third-order valence-corrected chi connectivity index (χ3v) is 2.76. The maximum atomic E-state index is 6.03. The smallest absolute Gasteiger partial charge is 0.152 e. The lowest BCUT2D eigenvalue weighted by atomic mass is 10.2. The summed E-state index contributed by atoms with van der Waals surface area (Å²) in [7, 11) is 3.51. The number of imidazole rings is 1. The molecule has 0 atom stereocenters. The summed E-state index contributed by atoms with van der Waals surface area (Å²) in [6, 6.07) is 7.67. The first kappa shape index (κ1) is 12.0. The van der Waals surface area contributed by atoms with Crippen LogP contribution in [0.1, 0.15) is 5.69 Å². The molecule has 4 nitrogen and oxygen atoms in total. The summed E-state index contributed by atoms with van der Waals surface area (Å²) in [5, 5.41) is 3.54. The normalized spacial score (nSPS) is 10.5. The van der Waals surface area contributed by atoms with Crippen molar-refractivity contribution in [3.05, 3.63) is 35.1 Å². The SMILES string of the molecule is CNCc1[nH]c(-c2ccc(OC)cc2)nc1Cl. The highest BCUT2D eigenvalue weighted by molar-refractivity contribution is 6.30. The third-order valence-electron chi connectivity index (χ3n) is 2.45. The van der Waals surface area contributed by atoms with Gasteiger partial charge in [0.1, 0.15) is 11.6 Å². The lowest BCUT2D eigenvalue weighted by Gasteiger charge is -2.00. The molecule has 2 rings (SSSR count). The fraction of sp³-hybridized carbons (Fsp3) is 0.250.